The summed E-state index contributed by atoms with van der Waals surface area (Å²) in [5.41, 5.74) is 2.57. The minimum Gasteiger partial charge on any atom is -0.351 e. The van der Waals surface area contributed by atoms with E-state index >= 15 is 0 Å². The summed E-state index contributed by atoms with van der Waals surface area (Å²) < 4.78 is 0. The first-order valence-corrected chi connectivity index (χ1v) is 8.33. The van der Waals surface area contributed by atoms with Crippen molar-refractivity contribution in [3.63, 3.8) is 0 Å². The Morgan fingerprint density at radius 2 is 1.83 bits per heavy atom. The van der Waals surface area contributed by atoms with Gasteiger partial charge < -0.3 is 10.2 Å². The molecule has 2 aromatic rings. The molecule has 0 aliphatic carbocycles. The van der Waals surface area contributed by atoms with E-state index in [2.05, 4.69) is 41.2 Å². The Bertz CT molecular complexity index is 596. The van der Waals surface area contributed by atoms with Gasteiger partial charge in [-0.3, -0.25) is 4.79 Å². The van der Waals surface area contributed by atoms with Crippen LogP contribution >= 0.6 is 0 Å². The van der Waals surface area contributed by atoms with Crippen LogP contribution in [0.3, 0.4) is 0 Å². The fraction of sp³-hybridized carbons (Fsp3) is 0.368. The maximum absolute atomic E-state index is 12.0. The van der Waals surface area contributed by atoms with E-state index in [4.69, 9.17) is 0 Å². The third-order valence-corrected chi connectivity index (χ3v) is 3.74. The van der Waals surface area contributed by atoms with Crippen molar-refractivity contribution in [3.8, 4) is 0 Å². The number of carbonyl (C=O) groups excluding carboxylic acids is 1. The summed E-state index contributed by atoms with van der Waals surface area (Å²) in [5, 5.41) is 2.91. The maximum atomic E-state index is 12.0. The average Bonchev–Trinajstić information content (AvgIpc) is 2.61. The molecule has 2 rings (SSSR count). The Balaban J connectivity index is 2.02. The van der Waals surface area contributed by atoms with Crippen molar-refractivity contribution in [2.24, 2.45) is 0 Å². The second-order valence-corrected chi connectivity index (χ2v) is 5.44. The molecule has 1 N–H and O–H groups in total. The van der Waals surface area contributed by atoms with Crippen LogP contribution in [0.15, 0.2) is 48.7 Å². The first-order valence-electron chi connectivity index (χ1n) is 8.33. The third kappa shape index (κ3) is 4.81. The topological polar surface area (TPSA) is 45.2 Å². The molecule has 1 aromatic heterocycles. The van der Waals surface area contributed by atoms with Crippen molar-refractivity contribution < 1.29 is 4.79 Å². The van der Waals surface area contributed by atoms with Gasteiger partial charge in [-0.25, -0.2) is 4.98 Å². The van der Waals surface area contributed by atoms with Gasteiger partial charge in [0.25, 0.3) is 5.91 Å². The van der Waals surface area contributed by atoms with Crippen molar-refractivity contribution in [2.75, 3.05) is 18.0 Å². The Hall–Kier alpha value is -2.36. The van der Waals surface area contributed by atoms with Gasteiger partial charge in [-0.1, -0.05) is 38.0 Å². The predicted octanol–water partition coefficient (Wildman–Crippen LogP) is 4.16. The van der Waals surface area contributed by atoms with Crippen LogP contribution in [0.1, 0.15) is 43.6 Å². The number of nitrogens with one attached hydrogen (secondary N) is 1. The van der Waals surface area contributed by atoms with Gasteiger partial charge in [0.2, 0.25) is 0 Å². The van der Waals surface area contributed by atoms with Crippen LogP contribution in [-0.4, -0.2) is 24.0 Å². The number of amides is 1. The second kappa shape index (κ2) is 8.93. The van der Waals surface area contributed by atoms with E-state index in [-0.39, 0.29) is 5.91 Å². The molecule has 0 aliphatic rings. The lowest BCUT2D eigenvalue weighted by atomic mass is 10.2. The molecule has 0 saturated carbocycles. The molecule has 23 heavy (non-hydrogen) atoms. The summed E-state index contributed by atoms with van der Waals surface area (Å²) in [6.45, 7) is 5.80. The van der Waals surface area contributed by atoms with Crippen LogP contribution < -0.4 is 10.2 Å². The van der Waals surface area contributed by atoms with Gasteiger partial charge in [0, 0.05) is 18.8 Å². The quantitative estimate of drug-likeness (QED) is 0.745. The Morgan fingerprint density at radius 1 is 1.04 bits per heavy atom. The molecule has 1 amide bonds. The zero-order valence-electron chi connectivity index (χ0n) is 14.0. The summed E-state index contributed by atoms with van der Waals surface area (Å²) in [7, 11) is 0. The summed E-state index contributed by atoms with van der Waals surface area (Å²) in [6.07, 6.45) is 5.06. The molecule has 122 valence electrons. The van der Waals surface area contributed by atoms with Crippen LogP contribution in [0.4, 0.5) is 11.4 Å². The van der Waals surface area contributed by atoms with Crippen molar-refractivity contribution >= 4 is 17.3 Å². The Kier molecular flexibility index (Phi) is 6.60. The predicted molar refractivity (Wildman–Crippen MR) is 95.2 cm³/mol. The Labute approximate surface area is 138 Å². The smallest absolute Gasteiger partial charge is 0.269 e. The summed E-state index contributed by atoms with van der Waals surface area (Å²) in [4.78, 5) is 18.5. The zero-order valence-corrected chi connectivity index (χ0v) is 14.0. The molecule has 0 saturated heterocycles. The van der Waals surface area contributed by atoms with E-state index < -0.39 is 0 Å². The second-order valence-electron chi connectivity index (χ2n) is 5.44. The van der Waals surface area contributed by atoms with Gasteiger partial charge >= 0.3 is 0 Å². The largest absolute Gasteiger partial charge is 0.351 e. The van der Waals surface area contributed by atoms with Crippen molar-refractivity contribution in [3.05, 3.63) is 54.4 Å². The highest BCUT2D eigenvalue weighted by Crippen LogP contribution is 2.23. The SMILES string of the molecule is CCCCCNC(=O)c1ccc(N(CC)c2ccccc2)cn1. The number of nitrogens with zero attached hydrogens (tertiary/aromatic N) is 2. The number of para-hydroxylation sites is 1. The molecular weight excluding hydrogens is 286 g/mol. The van der Waals surface area contributed by atoms with E-state index in [1.807, 2.05) is 24.3 Å². The molecule has 0 spiro atoms. The molecule has 0 atom stereocenters. The normalized spacial score (nSPS) is 10.3. The van der Waals surface area contributed by atoms with Gasteiger partial charge in [-0.2, -0.15) is 0 Å². The molecule has 4 heteroatoms. The summed E-state index contributed by atoms with van der Waals surface area (Å²) in [5.74, 6) is -0.101. The minimum atomic E-state index is -0.101. The number of carbonyl (C=O) groups is 1. The van der Waals surface area contributed by atoms with Crippen molar-refractivity contribution in [1.29, 1.82) is 0 Å². The van der Waals surface area contributed by atoms with Crippen LogP contribution in [0, 0.1) is 0 Å². The molecule has 0 radical (unpaired) electrons. The molecule has 0 fully saturated rings. The monoisotopic (exact) mass is 311 g/mol. The molecule has 1 aromatic carbocycles. The number of unbranched alkanes of at least 4 members (excludes halogenated alkanes) is 2. The molecule has 0 bridgehead atoms. The van der Waals surface area contributed by atoms with E-state index in [1.165, 1.54) is 0 Å². The van der Waals surface area contributed by atoms with Gasteiger partial charge in [-0.05, 0) is 37.6 Å². The number of hydrogen-bond acceptors (Lipinski definition) is 3. The fourth-order valence-electron chi connectivity index (χ4n) is 2.47. The third-order valence-electron chi connectivity index (χ3n) is 3.74. The minimum absolute atomic E-state index is 0.101. The average molecular weight is 311 g/mol. The highest BCUT2D eigenvalue weighted by Gasteiger charge is 2.10. The molecule has 1 heterocycles. The summed E-state index contributed by atoms with van der Waals surface area (Å²) in [6, 6.07) is 13.9. The molecule has 4 nitrogen and oxygen atoms in total. The number of pyridine rings is 1. The number of aromatic nitrogens is 1. The lowest BCUT2D eigenvalue weighted by Gasteiger charge is -2.22. The standard InChI is InChI=1S/C19H25N3O/c1-3-5-9-14-20-19(23)18-13-12-17(15-21-18)22(4-2)16-10-7-6-8-11-16/h6-8,10-13,15H,3-5,9,14H2,1-2H3,(H,20,23). The zero-order chi connectivity index (χ0) is 16.5. The fourth-order valence-corrected chi connectivity index (χ4v) is 2.47. The van der Waals surface area contributed by atoms with Gasteiger partial charge in [0.15, 0.2) is 0 Å². The van der Waals surface area contributed by atoms with Crippen LogP contribution in [0.5, 0.6) is 0 Å². The van der Waals surface area contributed by atoms with E-state index in [9.17, 15) is 4.79 Å². The van der Waals surface area contributed by atoms with Crippen LogP contribution in [-0.2, 0) is 0 Å². The number of benzene rings is 1. The Morgan fingerprint density at radius 3 is 2.43 bits per heavy atom. The number of anilines is 2. The highest BCUT2D eigenvalue weighted by atomic mass is 16.1. The van der Waals surface area contributed by atoms with Crippen molar-refractivity contribution in [1.82, 2.24) is 10.3 Å². The highest BCUT2D eigenvalue weighted by molar-refractivity contribution is 5.92. The first kappa shape index (κ1) is 17.0. The lowest BCUT2D eigenvalue weighted by Crippen LogP contribution is -2.25. The van der Waals surface area contributed by atoms with Crippen LogP contribution in [0.2, 0.25) is 0 Å². The van der Waals surface area contributed by atoms with Gasteiger partial charge in [0.05, 0.1) is 11.9 Å². The lowest BCUT2D eigenvalue weighted by molar-refractivity contribution is 0.0948. The van der Waals surface area contributed by atoms with E-state index in [0.717, 1.165) is 37.2 Å². The van der Waals surface area contributed by atoms with Gasteiger partial charge in [-0.15, -0.1) is 0 Å². The number of hydrogen-bond donors (Lipinski definition) is 1. The number of rotatable bonds is 8. The van der Waals surface area contributed by atoms with Crippen molar-refractivity contribution in [2.45, 2.75) is 33.1 Å². The molecular formula is C19H25N3O. The van der Waals surface area contributed by atoms with E-state index in [0.29, 0.717) is 12.2 Å². The van der Waals surface area contributed by atoms with Crippen LogP contribution in [0.25, 0.3) is 0 Å². The van der Waals surface area contributed by atoms with E-state index in [1.54, 1.807) is 12.3 Å². The van der Waals surface area contributed by atoms with Gasteiger partial charge in [0.1, 0.15) is 5.69 Å². The maximum Gasteiger partial charge on any atom is 0.269 e. The first-order chi connectivity index (χ1) is 11.3. The molecule has 0 unspecified atom stereocenters. The summed E-state index contributed by atoms with van der Waals surface area (Å²) >= 11 is 0. The molecule has 0 aliphatic heterocycles.